The molecule has 5 nitrogen and oxygen atoms in total. The fourth-order valence-corrected chi connectivity index (χ4v) is 8.05. The number of carbonyl (C=O) groups excluding carboxylic acids is 2. The van der Waals surface area contributed by atoms with E-state index in [9.17, 15) is 14.7 Å². The van der Waals surface area contributed by atoms with Gasteiger partial charge in [-0.2, -0.15) is 0 Å². The molecule has 1 unspecified atom stereocenters. The number of carbonyl (C=O) groups is 2. The van der Waals surface area contributed by atoms with Crippen LogP contribution in [0, 0.1) is 39.9 Å². The van der Waals surface area contributed by atoms with Gasteiger partial charge in [0.05, 0.1) is 5.92 Å². The Labute approximate surface area is 162 Å². The molecule has 1 aliphatic heterocycles. The molecule has 4 rings (SSSR count). The molecular formula is C22H34O5. The highest BCUT2D eigenvalue weighted by Gasteiger charge is 2.70. The molecule has 8 atom stereocenters. The summed E-state index contributed by atoms with van der Waals surface area (Å²) in [4.78, 5) is 24.3. The van der Waals surface area contributed by atoms with E-state index in [2.05, 4.69) is 27.7 Å². The van der Waals surface area contributed by atoms with Crippen molar-refractivity contribution in [2.45, 2.75) is 85.5 Å². The second-order valence-corrected chi connectivity index (χ2v) is 10.7. The van der Waals surface area contributed by atoms with Gasteiger partial charge in [-0.15, -0.1) is 0 Å². The zero-order valence-corrected chi connectivity index (χ0v) is 17.3. The maximum absolute atomic E-state index is 12.3. The number of cyclic esters (lactones) is 1. The SMILES string of the molecule is CC(=O)O[C@@H]1C[C@H]2C(C)(C)CCC[C@]2(C)[C@H]2CC[C@H]3C(=O)OC(O)[C@H]3[C@@]21C. The summed E-state index contributed by atoms with van der Waals surface area (Å²) in [5.74, 6) is -0.373. The number of esters is 2. The van der Waals surface area contributed by atoms with Gasteiger partial charge in [0.1, 0.15) is 6.10 Å². The van der Waals surface area contributed by atoms with Crippen molar-refractivity contribution >= 4 is 11.9 Å². The average Bonchev–Trinajstić information content (AvgIpc) is 2.84. The largest absolute Gasteiger partial charge is 0.462 e. The molecule has 0 aromatic heterocycles. The van der Waals surface area contributed by atoms with E-state index in [1.165, 1.54) is 19.8 Å². The molecule has 1 heterocycles. The van der Waals surface area contributed by atoms with Crippen LogP contribution in [0.1, 0.15) is 73.1 Å². The smallest absolute Gasteiger partial charge is 0.311 e. The van der Waals surface area contributed by atoms with E-state index in [1.807, 2.05) is 0 Å². The molecule has 0 spiro atoms. The zero-order chi connectivity index (χ0) is 19.8. The molecule has 4 aliphatic rings. The Kier molecular flexibility index (Phi) is 4.24. The number of aliphatic hydroxyl groups excluding tert-OH is 1. The second kappa shape index (κ2) is 5.95. The van der Waals surface area contributed by atoms with Crippen LogP contribution in [-0.4, -0.2) is 29.4 Å². The van der Waals surface area contributed by atoms with Gasteiger partial charge in [0.25, 0.3) is 0 Å². The van der Waals surface area contributed by atoms with E-state index in [-0.39, 0.29) is 40.7 Å². The van der Waals surface area contributed by atoms with E-state index in [4.69, 9.17) is 9.47 Å². The maximum atomic E-state index is 12.3. The number of rotatable bonds is 1. The highest BCUT2D eigenvalue weighted by atomic mass is 16.6. The summed E-state index contributed by atoms with van der Waals surface area (Å²) >= 11 is 0. The predicted octanol–water partition coefficient (Wildman–Crippen LogP) is 3.68. The molecule has 0 amide bonds. The Morgan fingerprint density at radius 2 is 1.85 bits per heavy atom. The van der Waals surface area contributed by atoms with Crippen molar-refractivity contribution in [3.05, 3.63) is 0 Å². The van der Waals surface area contributed by atoms with Crippen molar-refractivity contribution in [3.63, 3.8) is 0 Å². The lowest BCUT2D eigenvalue weighted by molar-refractivity contribution is -0.248. The molecule has 3 aliphatic carbocycles. The maximum Gasteiger partial charge on any atom is 0.311 e. The van der Waals surface area contributed by atoms with Crippen LogP contribution >= 0.6 is 0 Å². The number of aliphatic hydroxyl groups is 1. The number of hydrogen-bond acceptors (Lipinski definition) is 5. The van der Waals surface area contributed by atoms with Crippen molar-refractivity contribution in [3.8, 4) is 0 Å². The summed E-state index contributed by atoms with van der Waals surface area (Å²) in [7, 11) is 0. The summed E-state index contributed by atoms with van der Waals surface area (Å²) in [5.41, 5.74) is -0.119. The van der Waals surface area contributed by atoms with E-state index >= 15 is 0 Å². The van der Waals surface area contributed by atoms with Gasteiger partial charge in [0.2, 0.25) is 6.29 Å². The fraction of sp³-hybridized carbons (Fsp3) is 0.909. The van der Waals surface area contributed by atoms with E-state index < -0.39 is 11.7 Å². The molecule has 4 fully saturated rings. The summed E-state index contributed by atoms with van der Waals surface area (Å²) in [6, 6.07) is 0. The zero-order valence-electron chi connectivity index (χ0n) is 17.3. The van der Waals surface area contributed by atoms with Crippen LogP contribution in [0.25, 0.3) is 0 Å². The molecule has 5 heteroatoms. The summed E-state index contributed by atoms with van der Waals surface area (Å²) < 4.78 is 11.2. The van der Waals surface area contributed by atoms with Gasteiger partial charge in [-0.25, -0.2) is 0 Å². The van der Waals surface area contributed by atoms with Gasteiger partial charge >= 0.3 is 11.9 Å². The normalized spacial score (nSPS) is 50.8. The first-order chi connectivity index (χ1) is 12.5. The number of fused-ring (bicyclic) bond motifs is 5. The molecule has 27 heavy (non-hydrogen) atoms. The Balaban J connectivity index is 1.83. The minimum absolute atomic E-state index is 0.128. The molecule has 1 N–H and O–H groups in total. The van der Waals surface area contributed by atoms with E-state index in [0.29, 0.717) is 11.8 Å². The van der Waals surface area contributed by atoms with Crippen LogP contribution in [0.5, 0.6) is 0 Å². The van der Waals surface area contributed by atoms with Crippen LogP contribution in [0.2, 0.25) is 0 Å². The fourth-order valence-electron chi connectivity index (χ4n) is 8.05. The van der Waals surface area contributed by atoms with Crippen molar-refractivity contribution < 1.29 is 24.2 Å². The average molecular weight is 379 g/mol. The minimum Gasteiger partial charge on any atom is -0.462 e. The summed E-state index contributed by atoms with van der Waals surface area (Å²) in [5, 5.41) is 10.6. The molecule has 152 valence electrons. The van der Waals surface area contributed by atoms with Gasteiger partial charge in [0.15, 0.2) is 0 Å². The summed E-state index contributed by atoms with van der Waals surface area (Å²) in [6.07, 6.45) is 4.68. The highest BCUT2D eigenvalue weighted by Crippen LogP contribution is 2.70. The topological polar surface area (TPSA) is 72.8 Å². The predicted molar refractivity (Wildman–Crippen MR) is 99.3 cm³/mol. The first kappa shape index (κ1) is 19.2. The van der Waals surface area contributed by atoms with Gasteiger partial charge < -0.3 is 14.6 Å². The highest BCUT2D eigenvalue weighted by molar-refractivity contribution is 5.75. The van der Waals surface area contributed by atoms with Crippen molar-refractivity contribution in [1.29, 1.82) is 0 Å². The minimum atomic E-state index is -1.09. The molecular weight excluding hydrogens is 344 g/mol. The third-order valence-corrected chi connectivity index (χ3v) is 9.04. The second-order valence-electron chi connectivity index (χ2n) is 10.7. The quantitative estimate of drug-likeness (QED) is 0.705. The molecule has 0 aromatic carbocycles. The third kappa shape index (κ3) is 2.53. The van der Waals surface area contributed by atoms with Crippen LogP contribution < -0.4 is 0 Å². The van der Waals surface area contributed by atoms with Crippen LogP contribution in [0.4, 0.5) is 0 Å². The van der Waals surface area contributed by atoms with Crippen LogP contribution in [0.15, 0.2) is 0 Å². The van der Waals surface area contributed by atoms with Gasteiger partial charge in [-0.1, -0.05) is 34.1 Å². The third-order valence-electron chi connectivity index (χ3n) is 9.04. The Morgan fingerprint density at radius 3 is 2.52 bits per heavy atom. The lowest BCUT2D eigenvalue weighted by Crippen LogP contribution is -2.66. The van der Waals surface area contributed by atoms with Gasteiger partial charge in [-0.3, -0.25) is 9.59 Å². The first-order valence-corrected chi connectivity index (χ1v) is 10.6. The molecule has 0 aromatic rings. The van der Waals surface area contributed by atoms with Crippen LogP contribution in [-0.2, 0) is 19.1 Å². The molecule has 0 bridgehead atoms. The van der Waals surface area contributed by atoms with Crippen LogP contribution in [0.3, 0.4) is 0 Å². The number of hydrogen-bond donors (Lipinski definition) is 1. The standard InChI is InChI=1S/C22H34O5/c1-12(23)26-16-11-15-20(2,3)9-6-10-21(15,4)14-8-7-13-17(22(14,16)5)19(25)27-18(13)24/h13-17,19,25H,6-11H2,1-5H3/t13-,14-,15+,16-,17+,19?,21-,22+/m1/s1. The molecule has 0 radical (unpaired) electrons. The van der Waals surface area contributed by atoms with Gasteiger partial charge in [0, 0.05) is 18.3 Å². The van der Waals surface area contributed by atoms with E-state index in [1.54, 1.807) is 0 Å². The Bertz CT molecular complexity index is 657. The van der Waals surface area contributed by atoms with E-state index in [0.717, 1.165) is 25.7 Å². The lowest BCUT2D eigenvalue weighted by Gasteiger charge is -2.67. The van der Waals surface area contributed by atoms with Gasteiger partial charge in [-0.05, 0) is 54.8 Å². The Morgan fingerprint density at radius 1 is 1.15 bits per heavy atom. The number of ether oxygens (including phenoxy) is 2. The lowest BCUT2D eigenvalue weighted by atomic mass is 9.38. The Hall–Kier alpha value is -1.10. The van der Waals surface area contributed by atoms with Crippen molar-refractivity contribution in [2.24, 2.45) is 39.9 Å². The monoisotopic (exact) mass is 378 g/mol. The first-order valence-electron chi connectivity index (χ1n) is 10.6. The van der Waals surface area contributed by atoms with Crippen molar-refractivity contribution in [2.75, 3.05) is 0 Å². The molecule has 3 saturated carbocycles. The summed E-state index contributed by atoms with van der Waals surface area (Å²) in [6.45, 7) is 10.7. The van der Waals surface area contributed by atoms with Crippen molar-refractivity contribution in [1.82, 2.24) is 0 Å². The molecule has 1 saturated heterocycles.